The fraction of sp³-hybridized carbons (Fsp3) is 0.280. The van der Waals surface area contributed by atoms with Crippen LogP contribution >= 0.6 is 0 Å². The Labute approximate surface area is 185 Å². The van der Waals surface area contributed by atoms with E-state index < -0.39 is 11.5 Å². The summed E-state index contributed by atoms with van der Waals surface area (Å²) in [6.07, 6.45) is 2.41. The molecule has 1 aliphatic carbocycles. The van der Waals surface area contributed by atoms with Crippen LogP contribution in [0.2, 0.25) is 0 Å². The lowest BCUT2D eigenvalue weighted by Gasteiger charge is -2.29. The van der Waals surface area contributed by atoms with Gasteiger partial charge >= 0.3 is 0 Å². The molecule has 3 aromatic rings. The molecule has 0 saturated carbocycles. The third-order valence-electron chi connectivity index (χ3n) is 5.66. The molecule has 0 fully saturated rings. The average Bonchev–Trinajstić information content (AvgIpc) is 2.71. The van der Waals surface area contributed by atoms with E-state index in [0.29, 0.717) is 41.4 Å². The zero-order valence-electron chi connectivity index (χ0n) is 18.5. The Hall–Kier alpha value is -3.74. The molecule has 0 atom stereocenters. The third kappa shape index (κ3) is 4.46. The predicted octanol–water partition coefficient (Wildman–Crippen LogP) is 4.59. The number of ether oxygens (including phenoxy) is 1. The number of amides is 1. The Bertz CT molecular complexity index is 1270. The van der Waals surface area contributed by atoms with Crippen molar-refractivity contribution in [1.82, 2.24) is 9.97 Å². The number of rotatable bonds is 4. The van der Waals surface area contributed by atoms with Crippen LogP contribution < -0.4 is 15.6 Å². The van der Waals surface area contributed by atoms with Gasteiger partial charge in [-0.05, 0) is 61.1 Å². The minimum atomic E-state index is -0.601. The summed E-state index contributed by atoms with van der Waals surface area (Å²) < 4.78 is 5.75. The normalized spacial score (nSPS) is 14.6. The van der Waals surface area contributed by atoms with Gasteiger partial charge in [-0.15, -0.1) is 0 Å². The average molecular weight is 431 g/mol. The van der Waals surface area contributed by atoms with E-state index >= 15 is 0 Å². The lowest BCUT2D eigenvalue weighted by atomic mass is 9.75. The second kappa shape index (κ2) is 8.07. The van der Waals surface area contributed by atoms with Crippen LogP contribution in [0.15, 0.2) is 47.4 Å². The summed E-state index contributed by atoms with van der Waals surface area (Å²) in [6, 6.07) is 10.4. The number of hydrogen-bond acceptors (Lipinski definition) is 5. The molecule has 1 aliphatic rings. The zero-order valence-corrected chi connectivity index (χ0v) is 18.5. The Kier molecular flexibility index (Phi) is 5.42. The van der Waals surface area contributed by atoms with E-state index in [2.05, 4.69) is 15.3 Å². The predicted molar refractivity (Wildman–Crippen MR) is 122 cm³/mol. The third-order valence-corrected chi connectivity index (χ3v) is 5.66. The van der Waals surface area contributed by atoms with Crippen LogP contribution in [0.25, 0.3) is 0 Å². The first-order valence-corrected chi connectivity index (χ1v) is 10.4. The van der Waals surface area contributed by atoms with Crippen molar-refractivity contribution in [2.45, 2.75) is 40.5 Å². The number of nitrogens with zero attached hydrogens (tertiary/aromatic N) is 1. The zero-order chi connectivity index (χ0) is 23.0. The number of H-pyrrole nitrogens is 1. The monoisotopic (exact) mass is 431 g/mol. The van der Waals surface area contributed by atoms with Gasteiger partial charge in [0.15, 0.2) is 5.78 Å². The summed E-state index contributed by atoms with van der Waals surface area (Å²) in [6.45, 7) is 7.99. The fourth-order valence-corrected chi connectivity index (χ4v) is 3.81. The topological polar surface area (TPSA) is 101 Å². The molecule has 1 aromatic carbocycles. The summed E-state index contributed by atoms with van der Waals surface area (Å²) in [7, 11) is 0. The van der Waals surface area contributed by atoms with Gasteiger partial charge in [0.05, 0.1) is 11.9 Å². The molecule has 164 valence electrons. The van der Waals surface area contributed by atoms with Crippen molar-refractivity contribution in [3.63, 3.8) is 0 Å². The molecule has 32 heavy (non-hydrogen) atoms. The molecule has 0 radical (unpaired) electrons. The van der Waals surface area contributed by atoms with Gasteiger partial charge in [0.25, 0.3) is 11.5 Å². The lowest BCUT2D eigenvalue weighted by molar-refractivity contribution is 0.0910. The first-order chi connectivity index (χ1) is 15.1. The number of ketones is 1. The largest absolute Gasteiger partial charge is 0.439 e. The molecule has 7 heteroatoms. The molecular weight excluding hydrogens is 406 g/mol. The van der Waals surface area contributed by atoms with E-state index in [1.165, 1.54) is 17.8 Å². The van der Waals surface area contributed by atoms with Gasteiger partial charge in [0.2, 0.25) is 5.88 Å². The SMILES string of the molecule is Cc1ccc(Oc2ccc(NC(=O)c3cc4c([nH]c3=O)CC(C)(C)CC4=O)cn2)cc1C. The van der Waals surface area contributed by atoms with Crippen molar-refractivity contribution in [2.75, 3.05) is 5.32 Å². The van der Waals surface area contributed by atoms with Crippen LogP contribution in [0.4, 0.5) is 5.69 Å². The summed E-state index contributed by atoms with van der Waals surface area (Å²) >= 11 is 0. The maximum Gasteiger partial charge on any atom is 0.261 e. The summed E-state index contributed by atoms with van der Waals surface area (Å²) in [5.41, 5.74) is 2.85. The number of Topliss-reactive ketones (excluding diaryl/α,β-unsaturated/α-hetero) is 1. The number of nitrogens with one attached hydrogen (secondary N) is 2. The highest BCUT2D eigenvalue weighted by Crippen LogP contribution is 2.33. The molecule has 0 spiro atoms. The first kappa shape index (κ1) is 21.5. The van der Waals surface area contributed by atoms with E-state index in [1.807, 2.05) is 45.9 Å². The summed E-state index contributed by atoms with van der Waals surface area (Å²) in [5.74, 6) is 0.379. The minimum Gasteiger partial charge on any atom is -0.439 e. The number of hydrogen-bond donors (Lipinski definition) is 2. The van der Waals surface area contributed by atoms with Gasteiger partial charge in [-0.3, -0.25) is 14.4 Å². The van der Waals surface area contributed by atoms with Crippen LogP contribution in [0.3, 0.4) is 0 Å². The van der Waals surface area contributed by atoms with E-state index in [-0.39, 0.29) is 16.8 Å². The van der Waals surface area contributed by atoms with Crippen LogP contribution in [-0.4, -0.2) is 21.7 Å². The Morgan fingerprint density at radius 1 is 1.06 bits per heavy atom. The number of fused-ring (bicyclic) bond motifs is 1. The molecule has 0 bridgehead atoms. The number of carbonyl (C=O) groups is 2. The van der Waals surface area contributed by atoms with Gasteiger partial charge in [0.1, 0.15) is 11.3 Å². The van der Waals surface area contributed by atoms with Crippen LogP contribution in [0.5, 0.6) is 11.6 Å². The van der Waals surface area contributed by atoms with Crippen LogP contribution in [-0.2, 0) is 6.42 Å². The van der Waals surface area contributed by atoms with Crippen molar-refractivity contribution < 1.29 is 14.3 Å². The Morgan fingerprint density at radius 3 is 2.53 bits per heavy atom. The maximum atomic E-state index is 12.7. The van der Waals surface area contributed by atoms with Crippen LogP contribution in [0.1, 0.15) is 57.8 Å². The number of benzene rings is 1. The molecule has 7 nitrogen and oxygen atoms in total. The van der Waals surface area contributed by atoms with E-state index in [0.717, 1.165) is 5.56 Å². The Balaban J connectivity index is 1.49. The Morgan fingerprint density at radius 2 is 1.84 bits per heavy atom. The lowest BCUT2D eigenvalue weighted by Crippen LogP contribution is -2.32. The number of aryl methyl sites for hydroxylation is 2. The van der Waals surface area contributed by atoms with Crippen molar-refractivity contribution in [3.05, 3.63) is 80.9 Å². The summed E-state index contributed by atoms with van der Waals surface area (Å²) in [4.78, 5) is 44.6. The molecule has 0 unspecified atom stereocenters. The number of aromatic amines is 1. The van der Waals surface area contributed by atoms with E-state index in [9.17, 15) is 14.4 Å². The molecular formula is C25H25N3O4. The van der Waals surface area contributed by atoms with E-state index in [4.69, 9.17) is 4.74 Å². The van der Waals surface area contributed by atoms with E-state index in [1.54, 1.807) is 12.1 Å². The highest BCUT2D eigenvalue weighted by molar-refractivity contribution is 6.06. The minimum absolute atomic E-state index is 0.0731. The van der Waals surface area contributed by atoms with Crippen molar-refractivity contribution >= 4 is 17.4 Å². The van der Waals surface area contributed by atoms with Crippen molar-refractivity contribution in [2.24, 2.45) is 5.41 Å². The highest BCUT2D eigenvalue weighted by Gasteiger charge is 2.32. The number of anilines is 1. The van der Waals surface area contributed by atoms with Gasteiger partial charge in [-0.1, -0.05) is 19.9 Å². The molecule has 2 N–H and O–H groups in total. The number of carbonyl (C=O) groups excluding carboxylic acids is 2. The molecule has 2 aromatic heterocycles. The standard InChI is InChI=1S/C25H25N3O4/c1-14-5-7-17(9-15(14)2)32-22-8-6-16(13-26-22)27-23(30)19-10-18-20(28-24(19)31)11-25(3,4)12-21(18)29/h5-10,13H,11-12H2,1-4H3,(H,27,30)(H,28,31). The molecule has 2 heterocycles. The van der Waals surface area contributed by atoms with Gasteiger partial charge in [-0.2, -0.15) is 0 Å². The molecule has 4 rings (SSSR count). The summed E-state index contributed by atoms with van der Waals surface area (Å²) in [5, 5.41) is 2.66. The fourth-order valence-electron chi connectivity index (χ4n) is 3.81. The second-order valence-corrected chi connectivity index (χ2v) is 9.03. The van der Waals surface area contributed by atoms with Gasteiger partial charge < -0.3 is 15.0 Å². The quantitative estimate of drug-likeness (QED) is 0.629. The smallest absolute Gasteiger partial charge is 0.261 e. The van der Waals surface area contributed by atoms with Crippen LogP contribution in [0, 0.1) is 19.3 Å². The molecule has 1 amide bonds. The maximum absolute atomic E-state index is 12.7. The number of aromatic nitrogens is 2. The van der Waals surface area contributed by atoms with Crippen molar-refractivity contribution in [1.29, 1.82) is 0 Å². The molecule has 0 aliphatic heterocycles. The first-order valence-electron chi connectivity index (χ1n) is 10.4. The van der Waals surface area contributed by atoms with Gasteiger partial charge in [0, 0.05) is 23.7 Å². The highest BCUT2D eigenvalue weighted by atomic mass is 16.5. The molecule has 0 saturated heterocycles. The second-order valence-electron chi connectivity index (χ2n) is 9.03. The van der Waals surface area contributed by atoms with Gasteiger partial charge in [-0.25, -0.2) is 4.98 Å². The van der Waals surface area contributed by atoms with Crippen molar-refractivity contribution in [3.8, 4) is 11.6 Å². The number of pyridine rings is 2.